The molecule has 0 aliphatic heterocycles. The lowest BCUT2D eigenvalue weighted by Gasteiger charge is -2.24. The number of carbonyl (C=O) groups is 1. The van der Waals surface area contributed by atoms with E-state index >= 15 is 0 Å². The highest BCUT2D eigenvalue weighted by Gasteiger charge is 2.32. The molecule has 5 N–H and O–H groups in total. The summed E-state index contributed by atoms with van der Waals surface area (Å²) in [7, 11) is 0. The number of nitriles is 1. The number of aromatic nitrogens is 2. The van der Waals surface area contributed by atoms with E-state index in [0.717, 1.165) is 35.1 Å². The van der Waals surface area contributed by atoms with Crippen molar-refractivity contribution >= 4 is 45.1 Å². The Morgan fingerprint density at radius 1 is 0.981 bits per heavy atom. The van der Waals surface area contributed by atoms with E-state index in [0.29, 0.717) is 36.8 Å². The fraction of sp³-hybridized carbons (Fsp3) is 0.231. The van der Waals surface area contributed by atoms with Crippen LogP contribution in [0.15, 0.2) is 83.6 Å². The van der Waals surface area contributed by atoms with Crippen molar-refractivity contribution in [2.24, 2.45) is 5.73 Å². The number of rotatable bonds is 13. The zero-order valence-electron chi connectivity index (χ0n) is 28.0. The SMILES string of the molecule is CC(CO)(NCc1cc(Br)c(OCc2cccc(-c3cccc(-c4ccc5c(c4)C[C@@H](N)C5)c3Cl)c2Cl)nc1OCc1cncc(C#N)c1)C(=O)O. The van der Waals surface area contributed by atoms with E-state index in [4.69, 9.17) is 38.4 Å². The Bertz CT molecular complexity index is 2200. The van der Waals surface area contributed by atoms with Gasteiger partial charge in [-0.2, -0.15) is 10.2 Å². The van der Waals surface area contributed by atoms with Gasteiger partial charge in [-0.05, 0) is 64.5 Å². The standard InChI is InChI=1S/C39H34BrCl2N5O5/c1-39(21-48,38(49)50)46-18-28-14-33(40)37(47-36(28)51-19-23-10-22(15-43)16-45-17-23)52-20-26-4-2-6-31(34(26)41)32-7-3-5-30(35(32)42)25-9-8-24-12-29(44)13-27(24)11-25/h2-11,14,16-17,29,46,48H,12-13,18-21,44H2,1H3,(H,49,50)/t29-,39?/m0/s1. The molecule has 1 aliphatic carbocycles. The Morgan fingerprint density at radius 3 is 2.44 bits per heavy atom. The molecule has 0 bridgehead atoms. The fourth-order valence-corrected chi connectivity index (χ4v) is 7.04. The molecular formula is C39H34BrCl2N5O5. The minimum Gasteiger partial charge on any atom is -0.480 e. The van der Waals surface area contributed by atoms with Crippen molar-refractivity contribution in [3.05, 3.63) is 127 Å². The number of nitrogens with two attached hydrogens (primary N) is 1. The van der Waals surface area contributed by atoms with Crippen LogP contribution in [0.3, 0.4) is 0 Å². The van der Waals surface area contributed by atoms with Crippen LogP contribution in [0.25, 0.3) is 22.3 Å². The van der Waals surface area contributed by atoms with E-state index in [2.05, 4.69) is 49.4 Å². The van der Waals surface area contributed by atoms with Gasteiger partial charge in [-0.25, -0.2) is 0 Å². The number of ether oxygens (including phenoxy) is 2. The van der Waals surface area contributed by atoms with Gasteiger partial charge in [0, 0.05) is 58.4 Å². The molecule has 6 rings (SSSR count). The number of nitrogens with one attached hydrogen (secondary N) is 1. The van der Waals surface area contributed by atoms with Crippen molar-refractivity contribution in [1.82, 2.24) is 15.3 Å². The maximum atomic E-state index is 11.8. The minimum absolute atomic E-state index is 0.00620. The monoisotopic (exact) mass is 801 g/mol. The lowest BCUT2D eigenvalue weighted by molar-refractivity contribution is -0.145. The van der Waals surface area contributed by atoms with Crippen molar-refractivity contribution in [3.63, 3.8) is 0 Å². The summed E-state index contributed by atoms with van der Waals surface area (Å²) in [5.74, 6) is -0.872. The van der Waals surface area contributed by atoms with Gasteiger partial charge in [0.05, 0.1) is 26.7 Å². The van der Waals surface area contributed by atoms with E-state index in [1.165, 1.54) is 24.2 Å². The number of fused-ring (bicyclic) bond motifs is 1. The Kier molecular flexibility index (Phi) is 11.5. The number of hydrogen-bond donors (Lipinski definition) is 4. The maximum absolute atomic E-state index is 11.8. The van der Waals surface area contributed by atoms with E-state index < -0.39 is 18.1 Å². The van der Waals surface area contributed by atoms with Crippen molar-refractivity contribution in [2.45, 2.75) is 51.1 Å². The van der Waals surface area contributed by atoms with Crippen LogP contribution in [-0.2, 0) is 37.4 Å². The van der Waals surface area contributed by atoms with E-state index in [9.17, 15) is 20.3 Å². The molecule has 0 radical (unpaired) electrons. The average Bonchev–Trinajstić information content (AvgIpc) is 3.52. The molecule has 2 atom stereocenters. The molecule has 5 aromatic rings. The highest BCUT2D eigenvalue weighted by molar-refractivity contribution is 9.10. The van der Waals surface area contributed by atoms with Crippen molar-refractivity contribution in [3.8, 4) is 40.1 Å². The molecule has 1 unspecified atom stereocenters. The highest BCUT2D eigenvalue weighted by atomic mass is 79.9. The van der Waals surface area contributed by atoms with E-state index in [1.807, 2.05) is 42.5 Å². The van der Waals surface area contributed by atoms with Crippen LogP contribution in [0.5, 0.6) is 11.8 Å². The normalized spacial score (nSPS) is 14.7. The Labute approximate surface area is 319 Å². The first-order valence-corrected chi connectivity index (χ1v) is 17.9. The predicted octanol–water partition coefficient (Wildman–Crippen LogP) is 7.26. The third kappa shape index (κ3) is 8.08. The van der Waals surface area contributed by atoms with Gasteiger partial charge in [0.25, 0.3) is 0 Å². The zero-order valence-corrected chi connectivity index (χ0v) is 31.1. The van der Waals surface area contributed by atoms with Crippen LogP contribution in [0.1, 0.15) is 40.3 Å². The third-order valence-corrected chi connectivity index (χ3v) is 10.4. The van der Waals surface area contributed by atoms with Gasteiger partial charge in [0.15, 0.2) is 0 Å². The third-order valence-electron chi connectivity index (χ3n) is 8.95. The Balaban J connectivity index is 1.26. The van der Waals surface area contributed by atoms with E-state index in [-0.39, 0.29) is 37.6 Å². The summed E-state index contributed by atoms with van der Waals surface area (Å²) in [6.45, 7) is 0.798. The number of carboxylic acids is 1. The van der Waals surface area contributed by atoms with Crippen LogP contribution in [0.4, 0.5) is 0 Å². The molecule has 2 heterocycles. The van der Waals surface area contributed by atoms with Crippen molar-refractivity contribution < 1.29 is 24.5 Å². The summed E-state index contributed by atoms with van der Waals surface area (Å²) >= 11 is 17.6. The molecule has 0 fully saturated rings. The largest absolute Gasteiger partial charge is 0.480 e. The zero-order chi connectivity index (χ0) is 37.0. The summed E-state index contributed by atoms with van der Waals surface area (Å²) < 4.78 is 12.7. The predicted molar refractivity (Wildman–Crippen MR) is 202 cm³/mol. The molecule has 0 amide bonds. The highest BCUT2D eigenvalue weighted by Crippen LogP contribution is 2.41. The second-order valence-electron chi connectivity index (χ2n) is 12.8. The molecule has 0 saturated heterocycles. The topological polar surface area (TPSA) is 164 Å². The number of halogens is 3. The summed E-state index contributed by atoms with van der Waals surface area (Å²) in [6, 6.07) is 23.4. The Hall–Kier alpha value is -4.54. The maximum Gasteiger partial charge on any atom is 0.326 e. The summed E-state index contributed by atoms with van der Waals surface area (Å²) in [6.07, 6.45) is 4.73. The molecule has 10 nitrogen and oxygen atoms in total. The van der Waals surface area contributed by atoms with Crippen molar-refractivity contribution in [1.29, 1.82) is 5.26 Å². The van der Waals surface area contributed by atoms with Crippen LogP contribution >= 0.6 is 39.1 Å². The Morgan fingerprint density at radius 2 is 1.69 bits per heavy atom. The molecule has 52 heavy (non-hydrogen) atoms. The molecule has 2 aromatic heterocycles. The van der Waals surface area contributed by atoms with Crippen LogP contribution < -0.4 is 20.5 Å². The average molecular weight is 804 g/mol. The number of benzene rings is 3. The van der Waals surface area contributed by atoms with E-state index in [1.54, 1.807) is 18.3 Å². The van der Waals surface area contributed by atoms with Gasteiger partial charge < -0.3 is 25.4 Å². The molecule has 13 heteroatoms. The number of carboxylic acid groups (broad SMARTS) is 1. The number of aliphatic hydroxyl groups excluding tert-OH is 1. The number of nitrogens with zero attached hydrogens (tertiary/aromatic N) is 3. The lowest BCUT2D eigenvalue weighted by atomic mass is 9.96. The summed E-state index contributed by atoms with van der Waals surface area (Å²) in [4.78, 5) is 20.5. The van der Waals surface area contributed by atoms with Crippen LogP contribution in [0.2, 0.25) is 10.0 Å². The van der Waals surface area contributed by atoms with Crippen LogP contribution in [0, 0.1) is 11.3 Å². The second kappa shape index (κ2) is 16.0. The van der Waals surface area contributed by atoms with Gasteiger partial charge >= 0.3 is 5.97 Å². The molecule has 0 saturated carbocycles. The number of aliphatic hydroxyl groups is 1. The molecule has 266 valence electrons. The lowest BCUT2D eigenvalue weighted by Crippen LogP contribution is -2.52. The number of aliphatic carboxylic acids is 1. The van der Waals surface area contributed by atoms with Gasteiger partial charge in [-0.3, -0.25) is 15.1 Å². The first kappa shape index (κ1) is 37.2. The first-order valence-electron chi connectivity index (χ1n) is 16.3. The molecule has 1 aliphatic rings. The van der Waals surface area contributed by atoms with Gasteiger partial charge in [-0.15, -0.1) is 0 Å². The summed E-state index contributed by atoms with van der Waals surface area (Å²) in [5, 5.41) is 32.6. The first-order chi connectivity index (χ1) is 25.0. The number of hydrogen-bond acceptors (Lipinski definition) is 9. The van der Waals surface area contributed by atoms with Gasteiger partial charge in [0.1, 0.15) is 24.8 Å². The van der Waals surface area contributed by atoms with Gasteiger partial charge in [-0.1, -0.05) is 77.8 Å². The quantitative estimate of drug-likeness (QED) is 0.0953. The van der Waals surface area contributed by atoms with Crippen LogP contribution in [-0.4, -0.2) is 44.3 Å². The van der Waals surface area contributed by atoms with Gasteiger partial charge in [0.2, 0.25) is 11.8 Å². The second-order valence-corrected chi connectivity index (χ2v) is 14.4. The number of pyridine rings is 2. The molecule has 0 spiro atoms. The molecule has 3 aromatic carbocycles. The molecular weight excluding hydrogens is 769 g/mol. The smallest absolute Gasteiger partial charge is 0.326 e. The fourth-order valence-electron chi connectivity index (χ4n) is 5.94. The summed E-state index contributed by atoms with van der Waals surface area (Å²) in [5.41, 5.74) is 12.7. The minimum atomic E-state index is -1.61. The van der Waals surface area contributed by atoms with Crippen molar-refractivity contribution in [2.75, 3.05) is 6.61 Å².